The molecule has 0 unspecified atom stereocenters. The van der Waals surface area contributed by atoms with E-state index in [2.05, 4.69) is 90.7 Å². The van der Waals surface area contributed by atoms with Crippen LogP contribution in [0, 0.1) is 13.8 Å². The van der Waals surface area contributed by atoms with Gasteiger partial charge in [0, 0.05) is 61.5 Å². The van der Waals surface area contributed by atoms with Crippen molar-refractivity contribution in [3.8, 4) is 16.2 Å². The third-order valence-corrected chi connectivity index (χ3v) is 8.89. The number of amides is 1. The standard InChI is InChI=1S/C32H41N3O3S/c1-23-7-5-8-28(24(23)2)35-15-13-34(14-16-35)21-26-19-25(30-9-6-18-39-30)10-11-29(26)37-22-31(36)33-27-12-17-38-32(3,4)20-27/h5-11,18-19,27H,12-17,20-22H2,1-4H3,(H,33,36)/t27-/m0/s1. The highest BCUT2D eigenvalue weighted by molar-refractivity contribution is 7.13. The molecule has 1 aromatic heterocycles. The number of piperazine rings is 1. The zero-order chi connectivity index (χ0) is 27.4. The maximum atomic E-state index is 12.8. The molecule has 1 atom stereocenters. The molecule has 2 aromatic carbocycles. The number of benzene rings is 2. The number of carbonyl (C=O) groups is 1. The third kappa shape index (κ3) is 7.02. The Morgan fingerprint density at radius 2 is 1.92 bits per heavy atom. The van der Waals surface area contributed by atoms with Gasteiger partial charge in [0.25, 0.3) is 5.91 Å². The van der Waals surface area contributed by atoms with Gasteiger partial charge in [-0.15, -0.1) is 11.3 Å². The number of hydrogen-bond donors (Lipinski definition) is 1. The molecule has 7 heteroatoms. The number of anilines is 1. The summed E-state index contributed by atoms with van der Waals surface area (Å²) in [6.07, 6.45) is 1.65. The summed E-state index contributed by atoms with van der Waals surface area (Å²) in [7, 11) is 0. The highest BCUT2D eigenvalue weighted by Crippen LogP contribution is 2.31. The summed E-state index contributed by atoms with van der Waals surface area (Å²) in [4.78, 5) is 19.0. The smallest absolute Gasteiger partial charge is 0.258 e. The SMILES string of the molecule is Cc1cccc(N2CCN(Cc3cc(-c4cccs4)ccc3OCC(=O)N[C@H]3CCOC(C)(C)C3)CC2)c1C. The highest BCUT2D eigenvalue weighted by atomic mass is 32.1. The third-order valence-electron chi connectivity index (χ3n) is 7.97. The number of aryl methyl sites for hydroxylation is 1. The van der Waals surface area contributed by atoms with Crippen molar-refractivity contribution >= 4 is 22.9 Å². The largest absolute Gasteiger partial charge is 0.483 e. The van der Waals surface area contributed by atoms with E-state index >= 15 is 0 Å². The summed E-state index contributed by atoms with van der Waals surface area (Å²) in [5.41, 5.74) is 6.16. The van der Waals surface area contributed by atoms with Gasteiger partial charge in [-0.2, -0.15) is 0 Å². The Hall–Kier alpha value is -2.87. The van der Waals surface area contributed by atoms with E-state index in [4.69, 9.17) is 9.47 Å². The van der Waals surface area contributed by atoms with Gasteiger partial charge in [0.05, 0.1) is 5.60 Å². The average Bonchev–Trinajstić information content (AvgIpc) is 3.45. The molecular formula is C32H41N3O3S. The van der Waals surface area contributed by atoms with Crippen molar-refractivity contribution in [3.63, 3.8) is 0 Å². The van der Waals surface area contributed by atoms with Gasteiger partial charge in [-0.3, -0.25) is 9.69 Å². The van der Waals surface area contributed by atoms with Crippen LogP contribution >= 0.6 is 11.3 Å². The zero-order valence-electron chi connectivity index (χ0n) is 23.7. The van der Waals surface area contributed by atoms with Gasteiger partial charge in [-0.05, 0) is 92.9 Å². The first-order valence-corrected chi connectivity index (χ1v) is 14.9. The molecule has 1 amide bonds. The van der Waals surface area contributed by atoms with E-state index in [0.29, 0.717) is 6.61 Å². The normalized spacial score (nSPS) is 19.6. The minimum Gasteiger partial charge on any atom is -0.483 e. The lowest BCUT2D eigenvalue weighted by atomic mass is 9.94. The molecule has 208 valence electrons. The predicted octanol–water partition coefficient (Wildman–Crippen LogP) is 5.81. The lowest BCUT2D eigenvalue weighted by molar-refractivity contribution is -0.126. The van der Waals surface area contributed by atoms with Crippen molar-refractivity contribution in [2.75, 3.05) is 44.3 Å². The summed E-state index contributed by atoms with van der Waals surface area (Å²) in [6.45, 7) is 14.0. The molecule has 0 aliphatic carbocycles. The summed E-state index contributed by atoms with van der Waals surface area (Å²) < 4.78 is 11.9. The van der Waals surface area contributed by atoms with Gasteiger partial charge in [-0.1, -0.05) is 18.2 Å². The molecule has 0 radical (unpaired) electrons. The van der Waals surface area contributed by atoms with Crippen molar-refractivity contribution < 1.29 is 14.3 Å². The molecule has 2 aliphatic rings. The molecule has 3 heterocycles. The Balaban J connectivity index is 1.24. The molecule has 2 aliphatic heterocycles. The van der Waals surface area contributed by atoms with Crippen LogP contribution in [0.2, 0.25) is 0 Å². The van der Waals surface area contributed by atoms with Crippen LogP contribution in [0.5, 0.6) is 5.75 Å². The van der Waals surface area contributed by atoms with Crippen LogP contribution in [0.4, 0.5) is 5.69 Å². The van der Waals surface area contributed by atoms with E-state index in [-0.39, 0.29) is 24.2 Å². The van der Waals surface area contributed by atoms with E-state index in [1.807, 2.05) is 6.07 Å². The topological polar surface area (TPSA) is 54.0 Å². The van der Waals surface area contributed by atoms with E-state index < -0.39 is 0 Å². The second kappa shape index (κ2) is 12.1. The quantitative estimate of drug-likeness (QED) is 0.386. The van der Waals surface area contributed by atoms with Crippen LogP contribution < -0.4 is 15.0 Å². The van der Waals surface area contributed by atoms with Crippen LogP contribution in [0.15, 0.2) is 53.9 Å². The molecule has 3 aromatic rings. The van der Waals surface area contributed by atoms with Gasteiger partial charge >= 0.3 is 0 Å². The molecule has 0 saturated carbocycles. The lowest BCUT2D eigenvalue weighted by Crippen LogP contribution is -2.47. The molecule has 0 bridgehead atoms. The van der Waals surface area contributed by atoms with Gasteiger partial charge in [0.2, 0.25) is 0 Å². The fourth-order valence-corrected chi connectivity index (χ4v) is 6.40. The van der Waals surface area contributed by atoms with E-state index in [9.17, 15) is 4.79 Å². The Bertz CT molecular complexity index is 1270. The first kappa shape index (κ1) is 27.7. The molecule has 1 N–H and O–H groups in total. The average molecular weight is 548 g/mol. The fourth-order valence-electron chi connectivity index (χ4n) is 5.67. The Morgan fingerprint density at radius 3 is 2.67 bits per heavy atom. The fraction of sp³-hybridized carbons (Fsp3) is 0.469. The van der Waals surface area contributed by atoms with Crippen LogP contribution in [0.25, 0.3) is 10.4 Å². The van der Waals surface area contributed by atoms with Crippen molar-refractivity contribution in [2.24, 2.45) is 0 Å². The number of nitrogens with zero attached hydrogens (tertiary/aromatic N) is 2. The summed E-state index contributed by atoms with van der Waals surface area (Å²) >= 11 is 1.74. The van der Waals surface area contributed by atoms with E-state index in [1.54, 1.807) is 11.3 Å². The molecule has 5 rings (SSSR count). The second-order valence-electron chi connectivity index (χ2n) is 11.4. The van der Waals surface area contributed by atoms with Gasteiger partial charge < -0.3 is 19.7 Å². The maximum absolute atomic E-state index is 12.8. The molecule has 2 fully saturated rings. The Labute approximate surface area is 236 Å². The molecule has 39 heavy (non-hydrogen) atoms. The summed E-state index contributed by atoms with van der Waals surface area (Å²) in [5.74, 6) is 0.711. The lowest BCUT2D eigenvalue weighted by Gasteiger charge is -2.37. The first-order chi connectivity index (χ1) is 18.8. The minimum absolute atomic E-state index is 0.0174. The predicted molar refractivity (Wildman–Crippen MR) is 160 cm³/mol. The number of nitrogens with one attached hydrogen (secondary N) is 1. The van der Waals surface area contributed by atoms with Crippen molar-refractivity contribution in [3.05, 3.63) is 70.6 Å². The number of thiophene rings is 1. The summed E-state index contributed by atoms with van der Waals surface area (Å²) in [5, 5.41) is 5.26. The van der Waals surface area contributed by atoms with Crippen molar-refractivity contribution in [1.29, 1.82) is 0 Å². The molecule has 6 nitrogen and oxygen atoms in total. The van der Waals surface area contributed by atoms with Crippen LogP contribution in [-0.4, -0.2) is 61.8 Å². The van der Waals surface area contributed by atoms with Crippen LogP contribution in [-0.2, 0) is 16.1 Å². The molecular weight excluding hydrogens is 506 g/mol. The van der Waals surface area contributed by atoms with E-state index in [1.165, 1.54) is 27.3 Å². The monoisotopic (exact) mass is 547 g/mol. The first-order valence-electron chi connectivity index (χ1n) is 14.0. The number of ether oxygens (including phenoxy) is 2. The Morgan fingerprint density at radius 1 is 1.10 bits per heavy atom. The number of hydrogen-bond acceptors (Lipinski definition) is 6. The maximum Gasteiger partial charge on any atom is 0.258 e. The van der Waals surface area contributed by atoms with Crippen LogP contribution in [0.3, 0.4) is 0 Å². The van der Waals surface area contributed by atoms with Gasteiger partial charge in [0.1, 0.15) is 5.75 Å². The second-order valence-corrected chi connectivity index (χ2v) is 12.4. The highest BCUT2D eigenvalue weighted by Gasteiger charge is 2.29. The summed E-state index contributed by atoms with van der Waals surface area (Å²) in [6, 6.07) is 17.3. The minimum atomic E-state index is -0.204. The zero-order valence-corrected chi connectivity index (χ0v) is 24.5. The van der Waals surface area contributed by atoms with Crippen molar-refractivity contribution in [1.82, 2.24) is 10.2 Å². The van der Waals surface area contributed by atoms with Gasteiger partial charge in [0.15, 0.2) is 6.61 Å². The molecule has 0 spiro atoms. The Kier molecular flexibility index (Phi) is 8.60. The van der Waals surface area contributed by atoms with Crippen molar-refractivity contribution in [2.45, 2.75) is 58.7 Å². The number of carbonyl (C=O) groups excluding carboxylic acids is 1. The van der Waals surface area contributed by atoms with E-state index in [0.717, 1.165) is 56.9 Å². The van der Waals surface area contributed by atoms with Gasteiger partial charge in [-0.25, -0.2) is 0 Å². The molecule has 2 saturated heterocycles. The van der Waals surface area contributed by atoms with Crippen LogP contribution in [0.1, 0.15) is 43.4 Å². The number of rotatable bonds is 8.